The van der Waals surface area contributed by atoms with Crippen LogP contribution in [-0.4, -0.2) is 18.6 Å². The molecular formula is C18H19ClN2O. The van der Waals surface area contributed by atoms with Crippen LogP contribution in [0.2, 0.25) is 5.02 Å². The van der Waals surface area contributed by atoms with Crippen molar-refractivity contribution >= 4 is 22.5 Å². The second-order valence-corrected chi connectivity index (χ2v) is 5.72. The van der Waals surface area contributed by atoms with Gasteiger partial charge in [-0.15, -0.1) is 0 Å². The Labute approximate surface area is 135 Å². The van der Waals surface area contributed by atoms with E-state index in [4.69, 9.17) is 16.3 Å². The van der Waals surface area contributed by atoms with E-state index in [1.807, 2.05) is 24.3 Å². The molecule has 3 rings (SSSR count). The summed E-state index contributed by atoms with van der Waals surface area (Å²) in [4.78, 5) is 3.29. The number of rotatable bonds is 6. The minimum Gasteiger partial charge on any atom is -0.497 e. The van der Waals surface area contributed by atoms with Crippen LogP contribution in [0.5, 0.6) is 5.75 Å². The SMILES string of the molecule is COc1ccc2[nH]cc(CNCCc3ccc(Cl)cc3)c2c1. The minimum absolute atomic E-state index is 0.782. The van der Waals surface area contributed by atoms with Gasteiger partial charge in [0.15, 0.2) is 0 Å². The van der Waals surface area contributed by atoms with E-state index in [1.54, 1.807) is 7.11 Å². The first-order valence-electron chi connectivity index (χ1n) is 7.35. The molecule has 0 saturated carbocycles. The quantitative estimate of drug-likeness (QED) is 0.670. The zero-order valence-electron chi connectivity index (χ0n) is 12.5. The van der Waals surface area contributed by atoms with E-state index in [1.165, 1.54) is 16.5 Å². The van der Waals surface area contributed by atoms with Crippen LogP contribution in [0.3, 0.4) is 0 Å². The third-order valence-electron chi connectivity index (χ3n) is 3.79. The van der Waals surface area contributed by atoms with E-state index in [0.717, 1.165) is 35.8 Å². The number of H-pyrrole nitrogens is 1. The van der Waals surface area contributed by atoms with E-state index in [9.17, 15) is 0 Å². The van der Waals surface area contributed by atoms with Crippen molar-refractivity contribution in [3.05, 3.63) is 64.8 Å². The summed E-state index contributed by atoms with van der Waals surface area (Å²) in [6, 6.07) is 14.1. The standard InChI is InChI=1S/C18H19ClN2O/c1-22-16-6-7-18-17(10-16)14(12-21-18)11-20-9-8-13-2-4-15(19)5-3-13/h2-7,10,12,20-21H,8-9,11H2,1H3. The maximum Gasteiger partial charge on any atom is 0.119 e. The summed E-state index contributed by atoms with van der Waals surface area (Å²) < 4.78 is 5.29. The predicted octanol–water partition coefficient (Wildman–Crippen LogP) is 4.16. The molecule has 0 aliphatic carbocycles. The highest BCUT2D eigenvalue weighted by molar-refractivity contribution is 6.30. The third kappa shape index (κ3) is 3.43. The molecular weight excluding hydrogens is 296 g/mol. The van der Waals surface area contributed by atoms with Gasteiger partial charge in [0.25, 0.3) is 0 Å². The highest BCUT2D eigenvalue weighted by atomic mass is 35.5. The highest BCUT2D eigenvalue weighted by Crippen LogP contribution is 2.23. The number of aromatic amines is 1. The van der Waals surface area contributed by atoms with Gasteiger partial charge in [-0.3, -0.25) is 0 Å². The van der Waals surface area contributed by atoms with Crippen LogP contribution in [0, 0.1) is 0 Å². The molecule has 3 aromatic rings. The highest BCUT2D eigenvalue weighted by Gasteiger charge is 2.04. The smallest absolute Gasteiger partial charge is 0.119 e. The summed E-state index contributed by atoms with van der Waals surface area (Å²) in [5.74, 6) is 0.884. The third-order valence-corrected chi connectivity index (χ3v) is 4.05. The number of methoxy groups -OCH3 is 1. The topological polar surface area (TPSA) is 37.0 Å². The number of fused-ring (bicyclic) bond motifs is 1. The van der Waals surface area contributed by atoms with Gasteiger partial charge in [0, 0.05) is 28.7 Å². The van der Waals surface area contributed by atoms with Crippen LogP contribution >= 0.6 is 11.6 Å². The molecule has 0 fully saturated rings. The molecule has 1 heterocycles. The Hall–Kier alpha value is -1.97. The van der Waals surface area contributed by atoms with Crippen molar-refractivity contribution in [2.75, 3.05) is 13.7 Å². The first kappa shape index (κ1) is 14.9. The molecule has 0 aliphatic rings. The molecule has 0 bridgehead atoms. The van der Waals surface area contributed by atoms with Crippen LogP contribution < -0.4 is 10.1 Å². The van der Waals surface area contributed by atoms with Gasteiger partial charge in [-0.05, 0) is 54.4 Å². The zero-order valence-corrected chi connectivity index (χ0v) is 13.3. The van der Waals surface area contributed by atoms with Gasteiger partial charge in [-0.1, -0.05) is 23.7 Å². The van der Waals surface area contributed by atoms with Crippen LogP contribution in [0.4, 0.5) is 0 Å². The van der Waals surface area contributed by atoms with Gasteiger partial charge < -0.3 is 15.0 Å². The lowest BCUT2D eigenvalue weighted by Crippen LogP contribution is -2.16. The second-order valence-electron chi connectivity index (χ2n) is 5.28. The fourth-order valence-electron chi connectivity index (χ4n) is 2.54. The average Bonchev–Trinajstić information content (AvgIpc) is 2.95. The maximum atomic E-state index is 5.89. The Kier molecular flexibility index (Phi) is 4.66. The Morgan fingerprint density at radius 3 is 2.73 bits per heavy atom. The number of benzene rings is 2. The lowest BCUT2D eigenvalue weighted by Gasteiger charge is -2.05. The van der Waals surface area contributed by atoms with Crippen molar-refractivity contribution in [3.8, 4) is 5.75 Å². The van der Waals surface area contributed by atoms with Crippen molar-refractivity contribution in [1.82, 2.24) is 10.3 Å². The van der Waals surface area contributed by atoms with Gasteiger partial charge >= 0.3 is 0 Å². The molecule has 3 nitrogen and oxygen atoms in total. The van der Waals surface area contributed by atoms with Crippen molar-refractivity contribution in [2.24, 2.45) is 0 Å². The molecule has 2 N–H and O–H groups in total. The molecule has 2 aromatic carbocycles. The summed E-state index contributed by atoms with van der Waals surface area (Å²) in [5, 5.41) is 5.48. The second kappa shape index (κ2) is 6.86. The molecule has 0 amide bonds. The number of nitrogens with one attached hydrogen (secondary N) is 2. The van der Waals surface area contributed by atoms with Crippen molar-refractivity contribution < 1.29 is 4.74 Å². The first-order valence-corrected chi connectivity index (χ1v) is 7.73. The zero-order chi connectivity index (χ0) is 15.4. The molecule has 0 radical (unpaired) electrons. The van der Waals surface area contributed by atoms with E-state index in [2.05, 4.69) is 34.7 Å². The number of aromatic nitrogens is 1. The summed E-state index contributed by atoms with van der Waals surface area (Å²) >= 11 is 5.89. The van der Waals surface area contributed by atoms with E-state index in [0.29, 0.717) is 0 Å². The number of hydrogen-bond acceptors (Lipinski definition) is 2. The van der Waals surface area contributed by atoms with Crippen LogP contribution in [-0.2, 0) is 13.0 Å². The fourth-order valence-corrected chi connectivity index (χ4v) is 2.66. The lowest BCUT2D eigenvalue weighted by molar-refractivity contribution is 0.415. The number of ether oxygens (including phenoxy) is 1. The van der Waals surface area contributed by atoms with Crippen LogP contribution in [0.15, 0.2) is 48.7 Å². The first-order chi connectivity index (χ1) is 10.8. The van der Waals surface area contributed by atoms with Crippen LogP contribution in [0.25, 0.3) is 10.9 Å². The molecule has 1 aromatic heterocycles. The molecule has 0 atom stereocenters. The van der Waals surface area contributed by atoms with Crippen LogP contribution in [0.1, 0.15) is 11.1 Å². The minimum atomic E-state index is 0.782. The van der Waals surface area contributed by atoms with E-state index < -0.39 is 0 Å². The molecule has 4 heteroatoms. The average molecular weight is 315 g/mol. The van der Waals surface area contributed by atoms with Gasteiger partial charge in [0.2, 0.25) is 0 Å². The number of hydrogen-bond donors (Lipinski definition) is 2. The molecule has 114 valence electrons. The van der Waals surface area contributed by atoms with E-state index >= 15 is 0 Å². The molecule has 22 heavy (non-hydrogen) atoms. The largest absolute Gasteiger partial charge is 0.497 e. The fraction of sp³-hybridized carbons (Fsp3) is 0.222. The van der Waals surface area contributed by atoms with Crippen molar-refractivity contribution in [3.63, 3.8) is 0 Å². The lowest BCUT2D eigenvalue weighted by atomic mass is 10.1. The maximum absolute atomic E-state index is 5.89. The molecule has 0 aliphatic heterocycles. The Bertz CT molecular complexity index is 749. The van der Waals surface area contributed by atoms with Crippen molar-refractivity contribution in [1.29, 1.82) is 0 Å². The normalized spacial score (nSPS) is 11.0. The molecule has 0 saturated heterocycles. The van der Waals surface area contributed by atoms with Gasteiger partial charge in [-0.2, -0.15) is 0 Å². The summed E-state index contributed by atoms with van der Waals surface area (Å²) in [5.41, 5.74) is 3.68. The molecule has 0 unspecified atom stereocenters. The number of halogens is 1. The van der Waals surface area contributed by atoms with Gasteiger partial charge in [0.05, 0.1) is 7.11 Å². The monoisotopic (exact) mass is 314 g/mol. The summed E-state index contributed by atoms with van der Waals surface area (Å²) in [6.07, 6.45) is 3.04. The summed E-state index contributed by atoms with van der Waals surface area (Å²) in [6.45, 7) is 1.76. The Morgan fingerprint density at radius 1 is 1.14 bits per heavy atom. The Morgan fingerprint density at radius 2 is 1.95 bits per heavy atom. The van der Waals surface area contributed by atoms with Gasteiger partial charge in [-0.25, -0.2) is 0 Å². The summed E-state index contributed by atoms with van der Waals surface area (Å²) in [7, 11) is 1.69. The van der Waals surface area contributed by atoms with E-state index in [-0.39, 0.29) is 0 Å². The Balaban J connectivity index is 1.58. The predicted molar refractivity (Wildman–Crippen MR) is 91.7 cm³/mol. The van der Waals surface area contributed by atoms with Crippen molar-refractivity contribution in [2.45, 2.75) is 13.0 Å². The van der Waals surface area contributed by atoms with Gasteiger partial charge in [0.1, 0.15) is 5.75 Å². The molecule has 0 spiro atoms.